The fourth-order valence-corrected chi connectivity index (χ4v) is 1.15. The van der Waals surface area contributed by atoms with Crippen LogP contribution in [0.25, 0.3) is 0 Å². The van der Waals surface area contributed by atoms with Gasteiger partial charge in [0.2, 0.25) is 0 Å². The Morgan fingerprint density at radius 3 is 2.44 bits per heavy atom. The van der Waals surface area contributed by atoms with Crippen molar-refractivity contribution in [3.63, 3.8) is 0 Å². The quantitative estimate of drug-likeness (QED) is 0.128. The van der Waals surface area contributed by atoms with E-state index < -0.39 is 5.09 Å². The molecule has 0 bridgehead atoms. The summed E-state index contributed by atoms with van der Waals surface area (Å²) in [5.41, 5.74) is 5.22. The van der Waals surface area contributed by atoms with Gasteiger partial charge in [-0.05, 0) is 18.8 Å². The Morgan fingerprint density at radius 1 is 1.56 bits per heavy atom. The van der Waals surface area contributed by atoms with E-state index in [1.165, 1.54) is 0 Å². The standard InChI is InChI=1S/C9H20N2O2.HNO3.Y/c1-8(6-13-7-12)4-2-3-5-9(10)11;2-1(3)4;/h8,12H,2-7H2,1H3,(H3,10,11);(H,2,3,4);. The first kappa shape index (κ1) is 22.8. The van der Waals surface area contributed by atoms with Crippen LogP contribution < -0.4 is 5.73 Å². The van der Waals surface area contributed by atoms with Gasteiger partial charge in [-0.15, -0.1) is 10.1 Å². The summed E-state index contributed by atoms with van der Waals surface area (Å²) in [4.78, 5) is 8.36. The maximum Gasteiger partial charge on any atom is 0.291 e. The topological polar surface area (TPSA) is 143 Å². The van der Waals surface area contributed by atoms with Crippen LogP contribution in [0.1, 0.15) is 32.6 Å². The molecule has 0 heterocycles. The van der Waals surface area contributed by atoms with Crippen LogP contribution in [0, 0.1) is 21.4 Å². The molecule has 105 valence electrons. The molecule has 0 fully saturated rings. The molecule has 0 rings (SSSR count). The molecule has 0 aliphatic heterocycles. The molecule has 0 aromatic heterocycles. The van der Waals surface area contributed by atoms with E-state index in [1.54, 1.807) is 0 Å². The maximum absolute atomic E-state index is 8.39. The molecule has 0 amide bonds. The minimum absolute atomic E-state index is 0. The van der Waals surface area contributed by atoms with Gasteiger partial charge in [-0.25, -0.2) is 0 Å². The summed E-state index contributed by atoms with van der Waals surface area (Å²) in [6.45, 7) is 2.50. The summed E-state index contributed by atoms with van der Waals surface area (Å²) in [5, 5.41) is 29.0. The number of nitrogens with two attached hydrogens (primary N) is 1. The third kappa shape index (κ3) is 29.6. The monoisotopic (exact) mass is 340 g/mol. The number of rotatable bonds is 8. The van der Waals surface area contributed by atoms with Crippen molar-refractivity contribution in [2.75, 3.05) is 13.4 Å². The molecule has 9 heteroatoms. The average molecular weight is 340 g/mol. The molecule has 0 aromatic carbocycles. The van der Waals surface area contributed by atoms with Crippen molar-refractivity contribution in [3.8, 4) is 0 Å². The second-order valence-electron chi connectivity index (χ2n) is 3.61. The van der Waals surface area contributed by atoms with E-state index in [2.05, 4.69) is 6.92 Å². The summed E-state index contributed by atoms with van der Waals surface area (Å²) in [6, 6.07) is 0. The Balaban J connectivity index is -0.000000392. The first-order valence-corrected chi connectivity index (χ1v) is 5.24. The van der Waals surface area contributed by atoms with Gasteiger partial charge in [0, 0.05) is 39.1 Å². The molecule has 0 saturated heterocycles. The van der Waals surface area contributed by atoms with Crippen LogP contribution in [-0.4, -0.2) is 34.6 Å². The van der Waals surface area contributed by atoms with Gasteiger partial charge in [-0.2, -0.15) is 0 Å². The molecule has 18 heavy (non-hydrogen) atoms. The molecule has 0 aromatic rings. The molecule has 0 aliphatic rings. The van der Waals surface area contributed by atoms with Gasteiger partial charge in [0.05, 0.1) is 12.4 Å². The zero-order valence-corrected chi connectivity index (χ0v) is 13.4. The summed E-state index contributed by atoms with van der Waals surface area (Å²) < 4.78 is 4.86. The van der Waals surface area contributed by atoms with Crippen molar-refractivity contribution in [2.45, 2.75) is 32.6 Å². The number of aliphatic hydroxyl groups excluding tert-OH is 1. The van der Waals surface area contributed by atoms with E-state index in [4.69, 9.17) is 36.3 Å². The number of hydrogen-bond acceptors (Lipinski definition) is 5. The van der Waals surface area contributed by atoms with Gasteiger partial charge >= 0.3 is 0 Å². The Labute approximate surface area is 131 Å². The van der Waals surface area contributed by atoms with Crippen LogP contribution in [0.2, 0.25) is 0 Å². The van der Waals surface area contributed by atoms with Crippen LogP contribution in [0.4, 0.5) is 0 Å². The van der Waals surface area contributed by atoms with E-state index in [9.17, 15) is 0 Å². The van der Waals surface area contributed by atoms with Crippen LogP contribution in [0.5, 0.6) is 0 Å². The normalized spacial score (nSPS) is 10.6. The molecule has 0 saturated carbocycles. The van der Waals surface area contributed by atoms with Gasteiger partial charge in [-0.1, -0.05) is 13.3 Å². The fraction of sp³-hybridized carbons (Fsp3) is 0.889. The number of amidine groups is 1. The third-order valence-electron chi connectivity index (χ3n) is 1.89. The van der Waals surface area contributed by atoms with Crippen molar-refractivity contribution in [3.05, 3.63) is 10.1 Å². The van der Waals surface area contributed by atoms with E-state index in [0.29, 0.717) is 18.9 Å². The minimum atomic E-state index is -1.50. The van der Waals surface area contributed by atoms with Crippen LogP contribution in [0.3, 0.4) is 0 Å². The van der Waals surface area contributed by atoms with Crippen molar-refractivity contribution in [1.82, 2.24) is 0 Å². The van der Waals surface area contributed by atoms with Crippen LogP contribution in [-0.2, 0) is 37.4 Å². The molecule has 8 nitrogen and oxygen atoms in total. The van der Waals surface area contributed by atoms with E-state index >= 15 is 0 Å². The Morgan fingerprint density at radius 2 is 2.06 bits per heavy atom. The molecule has 0 aliphatic carbocycles. The first-order valence-electron chi connectivity index (χ1n) is 5.24. The number of unbranched alkanes of at least 4 members (excludes halogenated alkanes) is 1. The van der Waals surface area contributed by atoms with Crippen molar-refractivity contribution in [1.29, 1.82) is 5.41 Å². The summed E-state index contributed by atoms with van der Waals surface area (Å²) in [7, 11) is 0. The zero-order chi connectivity index (χ0) is 13.7. The Kier molecular flexibility index (Phi) is 21.2. The SMILES string of the molecule is CC(CCCCC(=N)N)COCO.O=[N+]([O-])O.[Y]. The fourth-order valence-electron chi connectivity index (χ4n) is 1.15. The van der Waals surface area contributed by atoms with Crippen molar-refractivity contribution in [2.24, 2.45) is 11.7 Å². The van der Waals surface area contributed by atoms with Gasteiger partial charge in [-0.3, -0.25) is 5.41 Å². The van der Waals surface area contributed by atoms with Crippen LogP contribution in [0.15, 0.2) is 0 Å². The molecular weight excluding hydrogens is 319 g/mol. The number of ether oxygens (including phenoxy) is 1. The van der Waals surface area contributed by atoms with E-state index in [0.717, 1.165) is 19.3 Å². The summed E-state index contributed by atoms with van der Waals surface area (Å²) in [6.07, 6.45) is 3.79. The maximum atomic E-state index is 8.39. The van der Waals surface area contributed by atoms with E-state index in [-0.39, 0.29) is 45.3 Å². The number of nitrogens with one attached hydrogen (secondary N) is 1. The third-order valence-corrected chi connectivity index (χ3v) is 1.89. The molecule has 1 radical (unpaired) electrons. The van der Waals surface area contributed by atoms with E-state index in [1.807, 2.05) is 0 Å². The molecule has 0 spiro atoms. The Hall–Kier alpha value is -0.306. The molecule has 1 unspecified atom stereocenters. The largest absolute Gasteiger partial charge is 0.388 e. The number of nitrogens with zero attached hydrogens (tertiary/aromatic N) is 1. The molecule has 5 N–H and O–H groups in total. The summed E-state index contributed by atoms with van der Waals surface area (Å²) >= 11 is 0. The van der Waals surface area contributed by atoms with Gasteiger partial charge in [0.25, 0.3) is 5.09 Å². The molecular formula is C9H21N3O5Y. The summed E-state index contributed by atoms with van der Waals surface area (Å²) in [5.74, 6) is 0.735. The predicted octanol–water partition coefficient (Wildman–Crippen LogP) is 0.735. The van der Waals surface area contributed by atoms with Crippen LogP contribution >= 0.6 is 0 Å². The predicted molar refractivity (Wildman–Crippen MR) is 61.4 cm³/mol. The second-order valence-corrected chi connectivity index (χ2v) is 3.61. The van der Waals surface area contributed by atoms with Gasteiger partial charge < -0.3 is 20.8 Å². The Bertz CT molecular complexity index is 214. The zero-order valence-electron chi connectivity index (χ0n) is 10.5. The smallest absolute Gasteiger partial charge is 0.291 e. The van der Waals surface area contributed by atoms with Crippen molar-refractivity contribution >= 4 is 5.84 Å². The van der Waals surface area contributed by atoms with Gasteiger partial charge in [0.1, 0.15) is 6.79 Å². The van der Waals surface area contributed by atoms with Crippen molar-refractivity contribution < 1.29 is 52.8 Å². The number of aliphatic hydroxyl groups is 1. The molecule has 1 atom stereocenters. The number of hydrogen-bond donors (Lipinski definition) is 4. The minimum Gasteiger partial charge on any atom is -0.388 e. The first-order chi connectivity index (χ1) is 7.90. The second kappa shape index (κ2) is 16.7. The van der Waals surface area contributed by atoms with Gasteiger partial charge in [0.15, 0.2) is 0 Å². The average Bonchev–Trinajstić information content (AvgIpc) is 2.20.